The van der Waals surface area contributed by atoms with Gasteiger partial charge in [0.15, 0.2) is 0 Å². The van der Waals surface area contributed by atoms with Crippen LogP contribution in [0, 0.1) is 11.7 Å². The van der Waals surface area contributed by atoms with Crippen LogP contribution < -0.4 is 4.72 Å². The summed E-state index contributed by atoms with van der Waals surface area (Å²) in [4.78, 5) is 10.9. The van der Waals surface area contributed by atoms with Gasteiger partial charge in [-0.2, -0.15) is 0 Å². The number of furan rings is 1. The molecular formula is C15H16FNO5S. The van der Waals surface area contributed by atoms with Crippen molar-refractivity contribution in [1.82, 2.24) is 4.72 Å². The molecule has 0 atom stereocenters. The molecular weight excluding hydrogens is 325 g/mol. The standard InChI is InChI=1S/C15H16FNO5S/c16-11-3-6-13-10(7-11)8-14(22-13)23(20,21)17-12-4-1-9(2-5-12)15(18)19/h3,6-9,12,17H,1-2,4-5H2,(H,18,19). The number of carboxylic acids is 1. The third kappa shape index (κ3) is 3.37. The molecule has 0 saturated heterocycles. The second-order valence-electron chi connectivity index (χ2n) is 5.76. The van der Waals surface area contributed by atoms with E-state index in [-0.39, 0.29) is 11.1 Å². The van der Waals surface area contributed by atoms with Crippen LogP contribution in [0.1, 0.15) is 25.7 Å². The zero-order valence-electron chi connectivity index (χ0n) is 12.2. The Morgan fingerprint density at radius 1 is 1.22 bits per heavy atom. The number of nitrogens with one attached hydrogen (secondary N) is 1. The van der Waals surface area contributed by atoms with Gasteiger partial charge in [-0.3, -0.25) is 4.79 Å². The van der Waals surface area contributed by atoms with Gasteiger partial charge < -0.3 is 9.52 Å². The van der Waals surface area contributed by atoms with Crippen LogP contribution >= 0.6 is 0 Å². The van der Waals surface area contributed by atoms with Crippen LogP contribution in [-0.2, 0) is 14.8 Å². The van der Waals surface area contributed by atoms with Gasteiger partial charge in [-0.05, 0) is 43.9 Å². The highest BCUT2D eigenvalue weighted by molar-refractivity contribution is 7.89. The molecule has 1 aliphatic rings. The van der Waals surface area contributed by atoms with E-state index in [2.05, 4.69) is 4.72 Å². The molecule has 1 fully saturated rings. The summed E-state index contributed by atoms with van der Waals surface area (Å²) < 4.78 is 45.7. The van der Waals surface area contributed by atoms with Crippen molar-refractivity contribution >= 4 is 27.0 Å². The maximum absolute atomic E-state index is 13.2. The molecule has 1 heterocycles. The molecule has 1 saturated carbocycles. The molecule has 0 aliphatic heterocycles. The molecule has 0 spiro atoms. The molecule has 1 aromatic carbocycles. The van der Waals surface area contributed by atoms with Crippen molar-refractivity contribution < 1.29 is 27.1 Å². The highest BCUT2D eigenvalue weighted by atomic mass is 32.2. The monoisotopic (exact) mass is 341 g/mol. The molecule has 2 aromatic rings. The number of benzene rings is 1. The summed E-state index contributed by atoms with van der Waals surface area (Å²) in [7, 11) is -3.86. The first-order valence-corrected chi connectivity index (χ1v) is 8.78. The van der Waals surface area contributed by atoms with E-state index in [9.17, 15) is 17.6 Å². The zero-order chi connectivity index (χ0) is 16.6. The van der Waals surface area contributed by atoms with Gasteiger partial charge in [0.25, 0.3) is 10.0 Å². The Kier molecular flexibility index (Phi) is 4.11. The van der Waals surface area contributed by atoms with Gasteiger partial charge in [0, 0.05) is 17.5 Å². The summed E-state index contributed by atoms with van der Waals surface area (Å²) in [6.45, 7) is 0. The van der Waals surface area contributed by atoms with Crippen molar-refractivity contribution in [1.29, 1.82) is 0 Å². The topological polar surface area (TPSA) is 96.6 Å². The van der Waals surface area contributed by atoms with Gasteiger partial charge in [-0.1, -0.05) is 0 Å². The Balaban J connectivity index is 1.75. The fourth-order valence-electron chi connectivity index (χ4n) is 2.86. The highest BCUT2D eigenvalue weighted by Crippen LogP contribution is 2.27. The van der Waals surface area contributed by atoms with E-state index in [1.165, 1.54) is 24.3 Å². The van der Waals surface area contributed by atoms with Crippen molar-refractivity contribution in [2.24, 2.45) is 5.92 Å². The highest BCUT2D eigenvalue weighted by Gasteiger charge is 2.30. The Labute approximate surface area is 132 Å². The molecule has 23 heavy (non-hydrogen) atoms. The number of hydrogen-bond acceptors (Lipinski definition) is 4. The number of hydrogen-bond donors (Lipinski definition) is 2. The van der Waals surface area contributed by atoms with Crippen LogP contribution in [0.2, 0.25) is 0 Å². The predicted molar refractivity (Wildman–Crippen MR) is 79.9 cm³/mol. The lowest BCUT2D eigenvalue weighted by Crippen LogP contribution is -2.38. The van der Waals surface area contributed by atoms with E-state index >= 15 is 0 Å². The minimum Gasteiger partial charge on any atom is -0.481 e. The summed E-state index contributed by atoms with van der Waals surface area (Å²) in [5.41, 5.74) is 0.293. The zero-order valence-corrected chi connectivity index (χ0v) is 13.0. The SMILES string of the molecule is O=C(O)C1CCC(NS(=O)(=O)c2cc3cc(F)ccc3o2)CC1. The Morgan fingerprint density at radius 3 is 2.57 bits per heavy atom. The molecule has 3 rings (SSSR count). The fraction of sp³-hybridized carbons (Fsp3) is 0.400. The summed E-state index contributed by atoms with van der Waals surface area (Å²) >= 11 is 0. The van der Waals surface area contributed by atoms with Gasteiger partial charge >= 0.3 is 5.97 Å². The van der Waals surface area contributed by atoms with Crippen LogP contribution in [0.15, 0.2) is 33.8 Å². The smallest absolute Gasteiger partial charge is 0.306 e. The molecule has 8 heteroatoms. The van der Waals surface area contributed by atoms with Gasteiger partial charge in [-0.15, -0.1) is 0 Å². The van der Waals surface area contributed by atoms with Gasteiger partial charge in [-0.25, -0.2) is 17.5 Å². The van der Waals surface area contributed by atoms with Crippen molar-refractivity contribution in [2.75, 3.05) is 0 Å². The maximum atomic E-state index is 13.2. The Morgan fingerprint density at radius 2 is 1.91 bits per heavy atom. The molecule has 2 N–H and O–H groups in total. The fourth-order valence-corrected chi connectivity index (χ4v) is 4.13. The second-order valence-corrected chi connectivity index (χ2v) is 7.40. The number of rotatable bonds is 4. The third-order valence-corrected chi connectivity index (χ3v) is 5.49. The Hall–Kier alpha value is -1.93. The molecule has 0 unspecified atom stereocenters. The largest absolute Gasteiger partial charge is 0.481 e. The minimum absolute atomic E-state index is 0.265. The summed E-state index contributed by atoms with van der Waals surface area (Å²) in [5.74, 6) is -1.72. The molecule has 1 aliphatic carbocycles. The number of carboxylic acid groups (broad SMARTS) is 1. The van der Waals surface area contributed by atoms with E-state index in [0.29, 0.717) is 36.7 Å². The third-order valence-electron chi connectivity index (χ3n) is 4.12. The van der Waals surface area contributed by atoms with Crippen molar-refractivity contribution in [2.45, 2.75) is 36.8 Å². The number of halogens is 1. The first-order valence-electron chi connectivity index (χ1n) is 7.29. The summed E-state index contributed by atoms with van der Waals surface area (Å²) in [6.07, 6.45) is 1.80. The molecule has 1 aromatic heterocycles. The number of carbonyl (C=O) groups is 1. The average molecular weight is 341 g/mol. The first kappa shape index (κ1) is 15.9. The van der Waals surface area contributed by atoms with Crippen molar-refractivity contribution in [3.8, 4) is 0 Å². The van der Waals surface area contributed by atoms with Crippen LogP contribution in [0.5, 0.6) is 0 Å². The molecule has 0 bridgehead atoms. The van der Waals surface area contributed by atoms with Gasteiger partial charge in [0.05, 0.1) is 5.92 Å². The summed E-state index contributed by atoms with van der Waals surface area (Å²) in [6, 6.07) is 4.74. The lowest BCUT2D eigenvalue weighted by atomic mass is 9.87. The Bertz CT molecular complexity index is 837. The number of aliphatic carboxylic acids is 1. The molecule has 0 radical (unpaired) electrons. The van der Waals surface area contributed by atoms with E-state index in [1.807, 2.05) is 0 Å². The van der Waals surface area contributed by atoms with Gasteiger partial charge in [0.2, 0.25) is 5.09 Å². The summed E-state index contributed by atoms with van der Waals surface area (Å²) in [5, 5.41) is 9.06. The average Bonchev–Trinajstić information content (AvgIpc) is 2.91. The molecule has 6 nitrogen and oxygen atoms in total. The lowest BCUT2D eigenvalue weighted by molar-refractivity contribution is -0.142. The molecule has 124 valence electrons. The maximum Gasteiger partial charge on any atom is 0.306 e. The lowest BCUT2D eigenvalue weighted by Gasteiger charge is -2.26. The van der Waals surface area contributed by atoms with Crippen LogP contribution in [-0.4, -0.2) is 25.5 Å². The van der Waals surface area contributed by atoms with Gasteiger partial charge in [0.1, 0.15) is 11.4 Å². The number of sulfonamides is 1. The molecule has 0 amide bonds. The van der Waals surface area contributed by atoms with E-state index < -0.39 is 27.7 Å². The normalized spacial score (nSPS) is 22.3. The van der Waals surface area contributed by atoms with Crippen molar-refractivity contribution in [3.05, 3.63) is 30.1 Å². The van der Waals surface area contributed by atoms with Crippen LogP contribution in [0.25, 0.3) is 11.0 Å². The first-order chi connectivity index (χ1) is 10.8. The van der Waals surface area contributed by atoms with E-state index in [1.54, 1.807) is 0 Å². The van der Waals surface area contributed by atoms with Crippen molar-refractivity contribution in [3.63, 3.8) is 0 Å². The second kappa shape index (κ2) is 5.93. The van der Waals surface area contributed by atoms with E-state index in [0.717, 1.165) is 0 Å². The number of fused-ring (bicyclic) bond motifs is 1. The predicted octanol–water partition coefficient (Wildman–Crippen LogP) is 2.49. The minimum atomic E-state index is -3.86. The quantitative estimate of drug-likeness (QED) is 0.890. The van der Waals surface area contributed by atoms with Crippen LogP contribution in [0.4, 0.5) is 4.39 Å². The van der Waals surface area contributed by atoms with Crippen LogP contribution in [0.3, 0.4) is 0 Å². The van der Waals surface area contributed by atoms with E-state index in [4.69, 9.17) is 9.52 Å².